The number of benzene rings is 1. The molecule has 116 valence electrons. The number of nitrogens with one attached hydrogen (secondary N) is 1. The second-order valence-corrected chi connectivity index (χ2v) is 6.02. The minimum Gasteiger partial charge on any atom is -0.494 e. The fraction of sp³-hybridized carbons (Fsp3) is 0.588. The van der Waals surface area contributed by atoms with Gasteiger partial charge >= 0.3 is 0 Å². The Labute approximate surface area is 126 Å². The molecule has 0 spiro atoms. The number of hydrogen-bond acceptors (Lipinski definition) is 3. The van der Waals surface area contributed by atoms with Crippen molar-refractivity contribution in [3.05, 3.63) is 24.3 Å². The summed E-state index contributed by atoms with van der Waals surface area (Å²) in [5, 5.41) is 3.01. The predicted molar refractivity (Wildman–Crippen MR) is 83.6 cm³/mol. The third kappa shape index (κ3) is 3.97. The number of anilines is 1. The van der Waals surface area contributed by atoms with Gasteiger partial charge in [0, 0.05) is 24.3 Å². The van der Waals surface area contributed by atoms with Crippen molar-refractivity contribution in [2.24, 2.45) is 11.3 Å². The van der Waals surface area contributed by atoms with Gasteiger partial charge in [-0.15, -0.1) is 0 Å². The second kappa shape index (κ2) is 6.94. The molecule has 0 unspecified atom stereocenters. The number of ether oxygens (including phenoxy) is 2. The van der Waals surface area contributed by atoms with E-state index in [9.17, 15) is 4.79 Å². The lowest BCUT2D eigenvalue weighted by molar-refractivity contribution is -0.128. The van der Waals surface area contributed by atoms with Crippen LogP contribution in [0.1, 0.15) is 33.6 Å². The van der Waals surface area contributed by atoms with Gasteiger partial charge in [0.15, 0.2) is 0 Å². The lowest BCUT2D eigenvalue weighted by atomic mass is 9.74. The Morgan fingerprint density at radius 2 is 1.90 bits per heavy atom. The molecular formula is C17H25NO3. The van der Waals surface area contributed by atoms with Crippen LogP contribution >= 0.6 is 0 Å². The smallest absolute Gasteiger partial charge is 0.230 e. The van der Waals surface area contributed by atoms with Crippen LogP contribution in [0.4, 0.5) is 5.69 Å². The average Bonchev–Trinajstić information content (AvgIpc) is 2.50. The fourth-order valence-electron chi connectivity index (χ4n) is 2.70. The van der Waals surface area contributed by atoms with Crippen molar-refractivity contribution in [1.29, 1.82) is 0 Å². The number of amides is 1. The minimum atomic E-state index is -0.387. The van der Waals surface area contributed by atoms with Crippen LogP contribution in [0, 0.1) is 11.3 Å². The standard InChI is InChI=1S/C17H25NO3/c1-4-21-15-7-5-14(6-8-15)18-16(19)17(2,3)13-9-11-20-12-10-13/h5-8,13H,4,9-12H2,1-3H3,(H,18,19). The molecule has 1 fully saturated rings. The Morgan fingerprint density at radius 3 is 2.48 bits per heavy atom. The van der Waals surface area contributed by atoms with Gasteiger partial charge in [-0.2, -0.15) is 0 Å². The van der Waals surface area contributed by atoms with Crippen LogP contribution < -0.4 is 10.1 Å². The van der Waals surface area contributed by atoms with E-state index in [0.29, 0.717) is 12.5 Å². The molecule has 1 heterocycles. The lowest BCUT2D eigenvalue weighted by Crippen LogP contribution is -2.40. The molecule has 0 radical (unpaired) electrons. The highest BCUT2D eigenvalue weighted by atomic mass is 16.5. The van der Waals surface area contributed by atoms with Gasteiger partial charge in [0.05, 0.1) is 6.61 Å². The Kier molecular flexibility index (Phi) is 5.23. The number of hydrogen-bond donors (Lipinski definition) is 1. The molecular weight excluding hydrogens is 266 g/mol. The Morgan fingerprint density at radius 1 is 1.29 bits per heavy atom. The minimum absolute atomic E-state index is 0.0681. The van der Waals surface area contributed by atoms with Crippen molar-refractivity contribution in [3.8, 4) is 5.75 Å². The molecule has 2 rings (SSSR count). The van der Waals surface area contributed by atoms with Crippen molar-refractivity contribution in [3.63, 3.8) is 0 Å². The van der Waals surface area contributed by atoms with Gasteiger partial charge in [-0.1, -0.05) is 13.8 Å². The molecule has 1 aliphatic heterocycles. The summed E-state index contributed by atoms with van der Waals surface area (Å²) in [5.41, 5.74) is 0.422. The Hall–Kier alpha value is -1.55. The Bertz CT molecular complexity index is 461. The van der Waals surface area contributed by atoms with E-state index in [1.165, 1.54) is 0 Å². The Balaban J connectivity index is 1.98. The van der Waals surface area contributed by atoms with E-state index in [2.05, 4.69) is 5.32 Å². The summed E-state index contributed by atoms with van der Waals surface area (Å²) in [6.45, 7) is 8.14. The van der Waals surface area contributed by atoms with Crippen LogP contribution in [-0.2, 0) is 9.53 Å². The van der Waals surface area contributed by atoms with Crippen molar-refractivity contribution < 1.29 is 14.3 Å². The normalized spacial score (nSPS) is 16.5. The maximum Gasteiger partial charge on any atom is 0.230 e. The first-order chi connectivity index (χ1) is 10.0. The third-order valence-corrected chi connectivity index (χ3v) is 4.25. The van der Waals surface area contributed by atoms with Gasteiger partial charge < -0.3 is 14.8 Å². The van der Waals surface area contributed by atoms with Gasteiger partial charge in [-0.25, -0.2) is 0 Å². The van der Waals surface area contributed by atoms with Crippen molar-refractivity contribution in [1.82, 2.24) is 0 Å². The molecule has 4 nitrogen and oxygen atoms in total. The van der Waals surface area contributed by atoms with Crippen LogP contribution in [0.3, 0.4) is 0 Å². The van der Waals surface area contributed by atoms with Crippen LogP contribution in [0.25, 0.3) is 0 Å². The molecule has 1 saturated heterocycles. The van der Waals surface area contributed by atoms with Crippen LogP contribution in [-0.4, -0.2) is 25.7 Å². The monoisotopic (exact) mass is 291 g/mol. The molecule has 0 atom stereocenters. The summed E-state index contributed by atoms with van der Waals surface area (Å²) < 4.78 is 10.8. The summed E-state index contributed by atoms with van der Waals surface area (Å²) in [6, 6.07) is 7.51. The second-order valence-electron chi connectivity index (χ2n) is 6.02. The SMILES string of the molecule is CCOc1ccc(NC(=O)C(C)(C)C2CCOCC2)cc1. The van der Waals surface area contributed by atoms with Gasteiger partial charge in [-0.05, 0) is 49.9 Å². The summed E-state index contributed by atoms with van der Waals surface area (Å²) in [6.07, 6.45) is 1.90. The zero-order valence-corrected chi connectivity index (χ0v) is 13.1. The average molecular weight is 291 g/mol. The molecule has 0 saturated carbocycles. The van der Waals surface area contributed by atoms with Crippen LogP contribution in [0.2, 0.25) is 0 Å². The molecule has 0 aromatic heterocycles. The molecule has 1 N–H and O–H groups in total. The zero-order valence-electron chi connectivity index (χ0n) is 13.1. The van der Waals surface area contributed by atoms with Gasteiger partial charge in [0.1, 0.15) is 5.75 Å². The molecule has 0 aliphatic carbocycles. The van der Waals surface area contributed by atoms with Crippen molar-refractivity contribution >= 4 is 11.6 Å². The molecule has 1 amide bonds. The lowest BCUT2D eigenvalue weighted by Gasteiger charge is -2.35. The highest BCUT2D eigenvalue weighted by Crippen LogP contribution is 2.35. The highest BCUT2D eigenvalue weighted by Gasteiger charge is 2.37. The summed E-state index contributed by atoms with van der Waals surface area (Å²) >= 11 is 0. The molecule has 1 aliphatic rings. The van der Waals surface area contributed by atoms with Crippen molar-refractivity contribution in [2.45, 2.75) is 33.6 Å². The molecule has 21 heavy (non-hydrogen) atoms. The first kappa shape index (κ1) is 15.8. The molecule has 4 heteroatoms. The van der Waals surface area contributed by atoms with Crippen LogP contribution in [0.5, 0.6) is 5.75 Å². The third-order valence-electron chi connectivity index (χ3n) is 4.25. The van der Waals surface area contributed by atoms with E-state index in [-0.39, 0.29) is 11.3 Å². The molecule has 1 aromatic rings. The van der Waals surface area contributed by atoms with E-state index in [4.69, 9.17) is 9.47 Å². The van der Waals surface area contributed by atoms with Gasteiger partial charge in [-0.3, -0.25) is 4.79 Å². The highest BCUT2D eigenvalue weighted by molar-refractivity contribution is 5.95. The summed E-state index contributed by atoms with van der Waals surface area (Å²) in [4.78, 5) is 12.6. The van der Waals surface area contributed by atoms with Gasteiger partial charge in [0.2, 0.25) is 5.91 Å². The van der Waals surface area contributed by atoms with Gasteiger partial charge in [0.25, 0.3) is 0 Å². The molecule has 1 aromatic carbocycles. The van der Waals surface area contributed by atoms with Crippen LogP contribution in [0.15, 0.2) is 24.3 Å². The van der Waals surface area contributed by atoms with E-state index < -0.39 is 0 Å². The maximum absolute atomic E-state index is 12.6. The number of carbonyl (C=O) groups is 1. The largest absolute Gasteiger partial charge is 0.494 e. The fourth-order valence-corrected chi connectivity index (χ4v) is 2.70. The zero-order chi connectivity index (χ0) is 15.3. The quantitative estimate of drug-likeness (QED) is 0.903. The first-order valence-corrected chi connectivity index (χ1v) is 7.66. The van der Waals surface area contributed by atoms with Crippen molar-refractivity contribution in [2.75, 3.05) is 25.1 Å². The topological polar surface area (TPSA) is 47.6 Å². The maximum atomic E-state index is 12.6. The first-order valence-electron chi connectivity index (χ1n) is 7.66. The van der Waals surface area contributed by atoms with E-state index in [1.54, 1.807) is 0 Å². The summed E-state index contributed by atoms with van der Waals surface area (Å²) in [5.74, 6) is 1.26. The number of rotatable bonds is 5. The number of carbonyl (C=O) groups excluding carboxylic acids is 1. The summed E-state index contributed by atoms with van der Waals surface area (Å²) in [7, 11) is 0. The predicted octanol–water partition coefficient (Wildman–Crippen LogP) is 3.48. The van der Waals surface area contributed by atoms with E-state index in [1.807, 2.05) is 45.0 Å². The molecule has 0 bridgehead atoms. The van der Waals surface area contributed by atoms with E-state index in [0.717, 1.165) is 37.5 Å². The van der Waals surface area contributed by atoms with E-state index >= 15 is 0 Å².